The van der Waals surface area contributed by atoms with Crippen LogP contribution in [0.3, 0.4) is 0 Å². The molecular formula is C14H17F2NO. The van der Waals surface area contributed by atoms with Gasteiger partial charge in [0.1, 0.15) is 11.6 Å². The summed E-state index contributed by atoms with van der Waals surface area (Å²) in [4.78, 5) is 13.7. The number of likely N-dealkylation sites (tertiary alicyclic amines) is 1. The largest absolute Gasteiger partial charge is 0.342 e. The number of amides is 1. The lowest BCUT2D eigenvalue weighted by Gasteiger charge is -2.30. The van der Waals surface area contributed by atoms with Crippen LogP contribution in [-0.4, -0.2) is 23.9 Å². The molecule has 2 rings (SSSR count). The highest BCUT2D eigenvalue weighted by molar-refractivity contribution is 5.79. The molecule has 1 fully saturated rings. The number of piperidine rings is 1. The number of hydrogen-bond donors (Lipinski definition) is 0. The van der Waals surface area contributed by atoms with Gasteiger partial charge in [-0.2, -0.15) is 0 Å². The van der Waals surface area contributed by atoms with Crippen molar-refractivity contribution in [3.05, 3.63) is 35.4 Å². The maximum atomic E-state index is 13.4. The third-order valence-electron chi connectivity index (χ3n) is 3.53. The summed E-state index contributed by atoms with van der Waals surface area (Å²) in [6.07, 6.45) is 1.74. The van der Waals surface area contributed by atoms with Gasteiger partial charge >= 0.3 is 0 Å². The van der Waals surface area contributed by atoms with Gasteiger partial charge in [0.05, 0.1) is 6.42 Å². The first-order valence-electron chi connectivity index (χ1n) is 6.28. The van der Waals surface area contributed by atoms with Crippen molar-refractivity contribution in [2.24, 2.45) is 5.92 Å². The topological polar surface area (TPSA) is 20.3 Å². The first-order valence-corrected chi connectivity index (χ1v) is 6.28. The van der Waals surface area contributed by atoms with Crippen LogP contribution in [0.4, 0.5) is 8.78 Å². The van der Waals surface area contributed by atoms with E-state index in [1.165, 1.54) is 18.2 Å². The van der Waals surface area contributed by atoms with E-state index in [1.54, 1.807) is 4.90 Å². The van der Waals surface area contributed by atoms with E-state index in [0.29, 0.717) is 19.0 Å². The van der Waals surface area contributed by atoms with E-state index >= 15 is 0 Å². The number of benzene rings is 1. The maximum absolute atomic E-state index is 13.4. The molecule has 0 bridgehead atoms. The predicted molar refractivity (Wildman–Crippen MR) is 65.0 cm³/mol. The number of hydrogen-bond acceptors (Lipinski definition) is 1. The maximum Gasteiger partial charge on any atom is 0.227 e. The molecule has 0 radical (unpaired) electrons. The second-order valence-corrected chi connectivity index (χ2v) is 4.94. The van der Waals surface area contributed by atoms with Crippen LogP contribution < -0.4 is 0 Å². The van der Waals surface area contributed by atoms with E-state index in [4.69, 9.17) is 0 Å². The number of halogens is 2. The van der Waals surface area contributed by atoms with Gasteiger partial charge in [0.25, 0.3) is 0 Å². The molecule has 18 heavy (non-hydrogen) atoms. The number of rotatable bonds is 2. The Hall–Kier alpha value is -1.45. The van der Waals surface area contributed by atoms with Crippen molar-refractivity contribution in [3.63, 3.8) is 0 Å². The molecule has 1 aliphatic heterocycles. The fourth-order valence-electron chi connectivity index (χ4n) is 2.22. The Morgan fingerprint density at radius 3 is 2.39 bits per heavy atom. The molecule has 0 saturated carbocycles. The molecule has 98 valence electrons. The molecule has 0 N–H and O–H groups in total. The van der Waals surface area contributed by atoms with Crippen molar-refractivity contribution in [2.75, 3.05) is 13.1 Å². The monoisotopic (exact) mass is 253 g/mol. The summed E-state index contributed by atoms with van der Waals surface area (Å²) in [5.74, 6) is -0.854. The summed E-state index contributed by atoms with van der Waals surface area (Å²) in [6, 6.07) is 3.68. The van der Waals surface area contributed by atoms with Crippen molar-refractivity contribution < 1.29 is 13.6 Å². The third kappa shape index (κ3) is 2.86. The van der Waals surface area contributed by atoms with Crippen molar-refractivity contribution in [2.45, 2.75) is 26.2 Å². The molecule has 1 saturated heterocycles. The summed E-state index contributed by atoms with van der Waals surface area (Å²) in [7, 11) is 0. The summed E-state index contributed by atoms with van der Waals surface area (Å²) in [5.41, 5.74) is -0.124. The van der Waals surface area contributed by atoms with E-state index in [9.17, 15) is 13.6 Å². The minimum atomic E-state index is -0.645. The zero-order valence-corrected chi connectivity index (χ0v) is 10.5. The molecule has 0 atom stereocenters. The van der Waals surface area contributed by atoms with Crippen LogP contribution in [0.25, 0.3) is 0 Å². The smallest absolute Gasteiger partial charge is 0.227 e. The van der Waals surface area contributed by atoms with E-state index in [2.05, 4.69) is 6.92 Å². The Kier molecular flexibility index (Phi) is 3.94. The van der Waals surface area contributed by atoms with Gasteiger partial charge in [-0.15, -0.1) is 0 Å². The van der Waals surface area contributed by atoms with Gasteiger partial charge in [-0.25, -0.2) is 8.78 Å². The second-order valence-electron chi connectivity index (χ2n) is 4.94. The molecule has 1 amide bonds. The molecule has 1 aliphatic rings. The zero-order valence-electron chi connectivity index (χ0n) is 10.5. The molecule has 1 aromatic rings. The van der Waals surface area contributed by atoms with Crippen molar-refractivity contribution in [1.82, 2.24) is 4.90 Å². The molecule has 1 heterocycles. The lowest BCUT2D eigenvalue weighted by Crippen LogP contribution is -2.39. The van der Waals surface area contributed by atoms with Gasteiger partial charge < -0.3 is 4.90 Å². The van der Waals surface area contributed by atoms with E-state index in [-0.39, 0.29) is 17.9 Å². The lowest BCUT2D eigenvalue weighted by molar-refractivity contribution is -0.131. The molecule has 0 spiro atoms. The van der Waals surface area contributed by atoms with Gasteiger partial charge in [-0.3, -0.25) is 4.79 Å². The minimum absolute atomic E-state index is 0.124. The van der Waals surface area contributed by atoms with Crippen molar-refractivity contribution in [3.8, 4) is 0 Å². The van der Waals surface area contributed by atoms with Crippen LogP contribution in [0, 0.1) is 17.6 Å². The molecule has 2 nitrogen and oxygen atoms in total. The van der Waals surface area contributed by atoms with E-state index in [0.717, 1.165) is 12.8 Å². The van der Waals surface area contributed by atoms with E-state index < -0.39 is 11.6 Å². The lowest BCUT2D eigenvalue weighted by atomic mass is 9.98. The van der Waals surface area contributed by atoms with Gasteiger partial charge in [-0.1, -0.05) is 13.0 Å². The van der Waals surface area contributed by atoms with Gasteiger partial charge in [0.15, 0.2) is 0 Å². The SMILES string of the molecule is CC1CCN(C(=O)Cc2c(F)cccc2F)CC1. The Morgan fingerprint density at radius 2 is 1.83 bits per heavy atom. The van der Waals surface area contributed by atoms with E-state index in [1.807, 2.05) is 0 Å². The fourth-order valence-corrected chi connectivity index (χ4v) is 2.22. The first-order chi connectivity index (χ1) is 8.58. The summed E-state index contributed by atoms with van der Waals surface area (Å²) < 4.78 is 26.9. The normalized spacial score (nSPS) is 16.9. The second kappa shape index (κ2) is 5.46. The van der Waals surface area contributed by atoms with Crippen LogP contribution in [0.5, 0.6) is 0 Å². The highest BCUT2D eigenvalue weighted by Crippen LogP contribution is 2.18. The first kappa shape index (κ1) is 13.0. The average molecular weight is 253 g/mol. The van der Waals surface area contributed by atoms with Gasteiger partial charge in [0, 0.05) is 18.7 Å². The summed E-state index contributed by atoms with van der Waals surface area (Å²) in [6.45, 7) is 3.53. The summed E-state index contributed by atoms with van der Waals surface area (Å²) >= 11 is 0. The number of nitrogens with zero attached hydrogens (tertiary/aromatic N) is 1. The molecule has 0 aliphatic carbocycles. The Labute approximate surface area is 106 Å². The highest BCUT2D eigenvalue weighted by Gasteiger charge is 2.22. The van der Waals surface area contributed by atoms with Crippen LogP contribution >= 0.6 is 0 Å². The Bertz CT molecular complexity index is 419. The number of carbonyl (C=O) groups excluding carboxylic acids is 1. The van der Waals surface area contributed by atoms with Crippen LogP contribution in [-0.2, 0) is 11.2 Å². The van der Waals surface area contributed by atoms with Crippen molar-refractivity contribution >= 4 is 5.91 Å². The predicted octanol–water partition coefficient (Wildman–Crippen LogP) is 2.77. The van der Waals surface area contributed by atoms with Crippen LogP contribution in [0.1, 0.15) is 25.3 Å². The summed E-state index contributed by atoms with van der Waals surface area (Å²) in [5, 5.41) is 0. The zero-order chi connectivity index (χ0) is 13.1. The fraction of sp³-hybridized carbons (Fsp3) is 0.500. The average Bonchev–Trinajstić information content (AvgIpc) is 2.34. The van der Waals surface area contributed by atoms with Crippen molar-refractivity contribution in [1.29, 1.82) is 0 Å². The molecular weight excluding hydrogens is 236 g/mol. The standard InChI is InChI=1S/C14H17F2NO/c1-10-5-7-17(8-6-10)14(18)9-11-12(15)3-2-4-13(11)16/h2-4,10H,5-9H2,1H3. The molecule has 0 aromatic heterocycles. The minimum Gasteiger partial charge on any atom is -0.342 e. The quantitative estimate of drug-likeness (QED) is 0.793. The highest BCUT2D eigenvalue weighted by atomic mass is 19.1. The number of carbonyl (C=O) groups is 1. The Balaban J connectivity index is 2.03. The van der Waals surface area contributed by atoms with Gasteiger partial charge in [0.2, 0.25) is 5.91 Å². The molecule has 1 aromatic carbocycles. The third-order valence-corrected chi connectivity index (χ3v) is 3.53. The molecule has 4 heteroatoms. The molecule has 0 unspecified atom stereocenters. The van der Waals surface area contributed by atoms with Crippen LogP contribution in [0.2, 0.25) is 0 Å². The Morgan fingerprint density at radius 1 is 1.28 bits per heavy atom. The van der Waals surface area contributed by atoms with Gasteiger partial charge in [-0.05, 0) is 30.9 Å². The van der Waals surface area contributed by atoms with Crippen LogP contribution in [0.15, 0.2) is 18.2 Å².